The zero-order valence-electron chi connectivity index (χ0n) is 15.0. The molecule has 26 heavy (non-hydrogen) atoms. The summed E-state index contributed by atoms with van der Waals surface area (Å²) in [6.07, 6.45) is 0. The highest BCUT2D eigenvalue weighted by molar-refractivity contribution is 6.05. The molecular formula is C18H23ClN6O. The van der Waals surface area contributed by atoms with Gasteiger partial charge < -0.3 is 15.6 Å². The normalized spacial score (nSPS) is 10.5. The van der Waals surface area contributed by atoms with Crippen molar-refractivity contribution in [3.8, 4) is 11.4 Å². The van der Waals surface area contributed by atoms with Crippen LogP contribution in [0.5, 0.6) is 0 Å². The second-order valence-electron chi connectivity index (χ2n) is 5.87. The second-order valence-corrected chi connectivity index (χ2v) is 5.87. The van der Waals surface area contributed by atoms with Crippen molar-refractivity contribution in [3.63, 3.8) is 0 Å². The molecule has 0 spiro atoms. The largest absolute Gasteiger partial charge is 0.349 e. The number of halogens is 1. The molecule has 7 nitrogen and oxygen atoms in total. The second kappa shape index (κ2) is 8.16. The van der Waals surface area contributed by atoms with Gasteiger partial charge in [-0.15, -0.1) is 12.4 Å². The minimum absolute atomic E-state index is 0. The predicted molar refractivity (Wildman–Crippen MR) is 104 cm³/mol. The van der Waals surface area contributed by atoms with Crippen LogP contribution in [0, 0.1) is 13.8 Å². The number of rotatable bonds is 5. The smallest absolute Gasteiger partial charge is 0.257 e. The molecule has 2 aromatic heterocycles. The quantitative estimate of drug-likeness (QED) is 0.638. The summed E-state index contributed by atoms with van der Waals surface area (Å²) < 4.78 is 2.12. The van der Waals surface area contributed by atoms with Crippen LogP contribution in [0.25, 0.3) is 11.4 Å². The van der Waals surface area contributed by atoms with Gasteiger partial charge in [-0.05, 0) is 51.1 Å². The van der Waals surface area contributed by atoms with Crippen molar-refractivity contribution in [2.24, 2.45) is 5.73 Å². The van der Waals surface area contributed by atoms with E-state index in [9.17, 15) is 4.79 Å². The number of amides is 1. The number of carbonyl (C=O) groups is 1. The number of nitrogens with zero attached hydrogens (tertiary/aromatic N) is 3. The first-order valence-corrected chi connectivity index (χ1v) is 8.23. The first-order chi connectivity index (χ1) is 12.0. The van der Waals surface area contributed by atoms with E-state index in [0.29, 0.717) is 23.8 Å². The number of nitrogens with two attached hydrogens (primary N) is 1. The zero-order valence-corrected chi connectivity index (χ0v) is 15.9. The molecular weight excluding hydrogens is 352 g/mol. The minimum Gasteiger partial charge on any atom is -0.349 e. The number of anilines is 1. The van der Waals surface area contributed by atoms with Crippen LogP contribution in [-0.4, -0.2) is 25.7 Å². The molecule has 0 saturated heterocycles. The number of aromatic amines is 1. The van der Waals surface area contributed by atoms with Crippen LogP contribution < -0.4 is 11.1 Å². The third-order valence-electron chi connectivity index (χ3n) is 4.26. The van der Waals surface area contributed by atoms with Gasteiger partial charge in [0.15, 0.2) is 5.82 Å². The molecule has 3 rings (SSSR count). The van der Waals surface area contributed by atoms with Gasteiger partial charge in [-0.1, -0.05) is 0 Å². The van der Waals surface area contributed by atoms with Gasteiger partial charge in [0.2, 0.25) is 0 Å². The number of benzene rings is 1. The summed E-state index contributed by atoms with van der Waals surface area (Å²) in [5.74, 6) is 1.12. The Morgan fingerprint density at radius 3 is 2.50 bits per heavy atom. The number of hydrogen-bond acceptors (Lipinski definition) is 4. The van der Waals surface area contributed by atoms with Gasteiger partial charge in [-0.25, -0.2) is 4.98 Å². The fourth-order valence-electron chi connectivity index (χ4n) is 2.93. The molecule has 0 fully saturated rings. The summed E-state index contributed by atoms with van der Waals surface area (Å²) in [6.45, 7) is 7.21. The van der Waals surface area contributed by atoms with Gasteiger partial charge in [0.25, 0.3) is 5.91 Å². The molecule has 8 heteroatoms. The van der Waals surface area contributed by atoms with Crippen LogP contribution in [0.2, 0.25) is 0 Å². The van der Waals surface area contributed by atoms with Crippen LogP contribution in [0.15, 0.2) is 30.3 Å². The topological polar surface area (TPSA) is 102 Å². The maximum Gasteiger partial charge on any atom is 0.257 e. The molecule has 0 aliphatic rings. The molecule has 0 aliphatic carbocycles. The van der Waals surface area contributed by atoms with Gasteiger partial charge in [-0.2, -0.15) is 5.10 Å². The van der Waals surface area contributed by atoms with E-state index < -0.39 is 0 Å². The van der Waals surface area contributed by atoms with Gasteiger partial charge in [0, 0.05) is 29.2 Å². The molecule has 2 heterocycles. The van der Waals surface area contributed by atoms with E-state index in [2.05, 4.69) is 32.0 Å². The fraction of sp³-hybridized carbons (Fsp3) is 0.278. The molecule has 0 radical (unpaired) electrons. The zero-order chi connectivity index (χ0) is 18.0. The number of hydrogen-bond donors (Lipinski definition) is 3. The van der Waals surface area contributed by atoms with Crippen molar-refractivity contribution in [2.45, 2.75) is 33.9 Å². The van der Waals surface area contributed by atoms with Gasteiger partial charge >= 0.3 is 0 Å². The van der Waals surface area contributed by atoms with Crippen molar-refractivity contribution in [3.05, 3.63) is 53.1 Å². The Labute approximate surface area is 158 Å². The Kier molecular flexibility index (Phi) is 6.18. The highest BCUT2D eigenvalue weighted by atomic mass is 35.5. The molecule has 0 bridgehead atoms. The lowest BCUT2D eigenvalue weighted by Gasteiger charge is -2.07. The molecule has 4 N–H and O–H groups in total. The Morgan fingerprint density at radius 1 is 1.27 bits per heavy atom. The summed E-state index contributed by atoms with van der Waals surface area (Å²) in [4.78, 5) is 16.8. The van der Waals surface area contributed by atoms with Crippen LogP contribution in [0.1, 0.15) is 34.5 Å². The summed E-state index contributed by atoms with van der Waals surface area (Å²) in [6, 6.07) is 9.34. The van der Waals surface area contributed by atoms with E-state index in [1.807, 2.05) is 44.2 Å². The SMILES string of the molecule is CCn1c(C)cc(C(=O)Nc2ccc(-c3n[nH]c(CN)n3)cc2)c1C.Cl. The van der Waals surface area contributed by atoms with Crippen LogP contribution >= 0.6 is 12.4 Å². The van der Waals surface area contributed by atoms with E-state index in [4.69, 9.17) is 5.73 Å². The Bertz CT molecular complexity index is 897. The number of aromatic nitrogens is 4. The van der Waals surface area contributed by atoms with Gasteiger partial charge in [0.05, 0.1) is 12.1 Å². The first-order valence-electron chi connectivity index (χ1n) is 8.23. The van der Waals surface area contributed by atoms with Crippen molar-refractivity contribution in [1.82, 2.24) is 19.7 Å². The molecule has 138 valence electrons. The average molecular weight is 375 g/mol. The molecule has 0 saturated carbocycles. The van der Waals surface area contributed by atoms with Crippen LogP contribution in [0.4, 0.5) is 5.69 Å². The maximum absolute atomic E-state index is 12.5. The van der Waals surface area contributed by atoms with Crippen LogP contribution in [-0.2, 0) is 13.1 Å². The molecule has 3 aromatic rings. The molecule has 1 amide bonds. The highest BCUT2D eigenvalue weighted by Crippen LogP contribution is 2.20. The average Bonchev–Trinajstić information content (AvgIpc) is 3.20. The predicted octanol–water partition coefficient (Wildman–Crippen LogP) is 3.04. The summed E-state index contributed by atoms with van der Waals surface area (Å²) in [5.41, 5.74) is 9.87. The summed E-state index contributed by atoms with van der Waals surface area (Å²) in [5, 5.41) is 9.84. The first kappa shape index (κ1) is 19.7. The lowest BCUT2D eigenvalue weighted by atomic mass is 10.2. The lowest BCUT2D eigenvalue weighted by Crippen LogP contribution is -2.13. The molecule has 0 unspecified atom stereocenters. The molecule has 0 aliphatic heterocycles. The number of nitrogens with one attached hydrogen (secondary N) is 2. The van der Waals surface area contributed by atoms with Crippen molar-refractivity contribution in [2.75, 3.05) is 5.32 Å². The van der Waals surface area contributed by atoms with Crippen molar-refractivity contribution >= 4 is 24.0 Å². The van der Waals surface area contributed by atoms with Gasteiger partial charge in [0.1, 0.15) is 5.82 Å². The Balaban J connectivity index is 0.00000243. The molecule has 1 aromatic carbocycles. The van der Waals surface area contributed by atoms with E-state index >= 15 is 0 Å². The fourth-order valence-corrected chi connectivity index (χ4v) is 2.93. The van der Waals surface area contributed by atoms with Crippen LogP contribution in [0.3, 0.4) is 0 Å². The number of H-pyrrole nitrogens is 1. The standard InChI is InChI=1S/C18H22N6O.ClH/c1-4-24-11(2)9-15(12(24)3)18(25)20-14-7-5-13(6-8-14)17-21-16(10-19)22-23-17;/h5-9H,4,10,19H2,1-3H3,(H,20,25)(H,21,22,23);1H. The van der Waals surface area contributed by atoms with E-state index in [0.717, 1.165) is 29.2 Å². The number of aryl methyl sites for hydroxylation is 1. The maximum atomic E-state index is 12.5. The Morgan fingerprint density at radius 2 is 1.96 bits per heavy atom. The van der Waals surface area contributed by atoms with Gasteiger partial charge in [-0.3, -0.25) is 9.89 Å². The highest BCUT2D eigenvalue weighted by Gasteiger charge is 2.15. The monoisotopic (exact) mass is 374 g/mol. The Hall–Kier alpha value is -2.64. The van der Waals surface area contributed by atoms with E-state index in [-0.39, 0.29) is 18.3 Å². The molecule has 0 atom stereocenters. The summed E-state index contributed by atoms with van der Waals surface area (Å²) in [7, 11) is 0. The van der Waals surface area contributed by atoms with E-state index in [1.165, 1.54) is 0 Å². The van der Waals surface area contributed by atoms with E-state index in [1.54, 1.807) is 0 Å². The lowest BCUT2D eigenvalue weighted by molar-refractivity contribution is 0.102. The van der Waals surface area contributed by atoms with Crippen molar-refractivity contribution in [1.29, 1.82) is 0 Å². The number of carbonyl (C=O) groups excluding carboxylic acids is 1. The summed E-state index contributed by atoms with van der Waals surface area (Å²) >= 11 is 0. The third-order valence-corrected chi connectivity index (χ3v) is 4.26. The third kappa shape index (κ3) is 3.79. The van der Waals surface area contributed by atoms with Crippen molar-refractivity contribution < 1.29 is 4.79 Å². The minimum atomic E-state index is -0.108.